The van der Waals surface area contributed by atoms with E-state index in [2.05, 4.69) is 57.9 Å². The maximum atomic E-state index is 3.85. The zero-order valence-electron chi connectivity index (χ0n) is 12.4. The molecule has 0 amide bonds. The highest BCUT2D eigenvalue weighted by atomic mass is 127. The lowest BCUT2D eigenvalue weighted by molar-refractivity contribution is 0.111. The fourth-order valence-corrected chi connectivity index (χ4v) is 5.45. The van der Waals surface area contributed by atoms with Crippen molar-refractivity contribution in [1.29, 1.82) is 0 Å². The van der Waals surface area contributed by atoms with Crippen molar-refractivity contribution in [3.63, 3.8) is 0 Å². The molecule has 0 aromatic carbocycles. The van der Waals surface area contributed by atoms with Crippen molar-refractivity contribution in [2.24, 2.45) is 0 Å². The van der Waals surface area contributed by atoms with E-state index in [9.17, 15) is 0 Å². The lowest BCUT2D eigenvalue weighted by Gasteiger charge is -2.38. The monoisotopic (exact) mass is 405 g/mol. The Morgan fingerprint density at radius 1 is 1.40 bits per heavy atom. The predicted molar refractivity (Wildman–Crippen MR) is 94.6 cm³/mol. The van der Waals surface area contributed by atoms with E-state index in [1.165, 1.54) is 41.8 Å². The van der Waals surface area contributed by atoms with Crippen molar-refractivity contribution >= 4 is 33.9 Å². The molecule has 1 fully saturated rings. The summed E-state index contributed by atoms with van der Waals surface area (Å²) in [5.74, 6) is 0. The smallest absolute Gasteiger partial charge is 0.0659 e. The summed E-state index contributed by atoms with van der Waals surface area (Å²) in [7, 11) is 4.50. The van der Waals surface area contributed by atoms with Crippen LogP contribution >= 0.6 is 33.9 Å². The molecule has 112 valence electrons. The Bertz CT molecular complexity index is 462. The quantitative estimate of drug-likeness (QED) is 0.780. The van der Waals surface area contributed by atoms with Gasteiger partial charge in [0.25, 0.3) is 0 Å². The summed E-state index contributed by atoms with van der Waals surface area (Å²) >= 11 is 4.45. The van der Waals surface area contributed by atoms with Crippen LogP contribution in [0.5, 0.6) is 0 Å². The average molecular weight is 405 g/mol. The number of likely N-dealkylation sites (N-methyl/N-ethyl adjacent to an activating group) is 2. The number of aryl methyl sites for hydroxylation is 1. The molecule has 5 heteroatoms. The molecule has 3 rings (SSSR count). The van der Waals surface area contributed by atoms with Gasteiger partial charge in [0.1, 0.15) is 0 Å². The Hall–Kier alpha value is 0.310. The van der Waals surface area contributed by atoms with Crippen LogP contribution < -0.4 is 5.32 Å². The highest BCUT2D eigenvalue weighted by Gasteiger charge is 2.26. The van der Waals surface area contributed by atoms with Crippen LogP contribution in [0.1, 0.15) is 29.3 Å². The molecule has 20 heavy (non-hydrogen) atoms. The van der Waals surface area contributed by atoms with Crippen molar-refractivity contribution in [3.8, 4) is 0 Å². The van der Waals surface area contributed by atoms with Gasteiger partial charge in [0.2, 0.25) is 0 Å². The summed E-state index contributed by atoms with van der Waals surface area (Å²) in [6.45, 7) is 4.68. The molecule has 0 saturated carbocycles. The van der Waals surface area contributed by atoms with Gasteiger partial charge in [0, 0.05) is 43.1 Å². The molecule has 1 aromatic rings. The number of hydrogen-bond donors (Lipinski definition) is 1. The van der Waals surface area contributed by atoms with Crippen LogP contribution in [-0.4, -0.2) is 56.1 Å². The summed E-state index contributed by atoms with van der Waals surface area (Å²) in [4.78, 5) is 6.58. The minimum Gasteiger partial charge on any atom is -0.308 e. The first-order chi connectivity index (χ1) is 9.63. The fraction of sp³-hybridized carbons (Fsp3) is 0.733. The van der Waals surface area contributed by atoms with E-state index < -0.39 is 0 Å². The lowest BCUT2D eigenvalue weighted by Crippen LogP contribution is -2.54. The first-order valence-corrected chi connectivity index (χ1v) is 9.43. The van der Waals surface area contributed by atoms with E-state index in [1.807, 2.05) is 11.3 Å². The highest BCUT2D eigenvalue weighted by molar-refractivity contribution is 14.1. The van der Waals surface area contributed by atoms with Crippen molar-refractivity contribution in [3.05, 3.63) is 19.4 Å². The molecular weight excluding hydrogens is 381 g/mol. The van der Waals surface area contributed by atoms with Crippen LogP contribution in [-0.2, 0) is 6.42 Å². The molecule has 3 nitrogen and oxygen atoms in total. The number of halogens is 1. The molecular formula is C15H24IN3S. The van der Waals surface area contributed by atoms with Crippen LogP contribution in [0.2, 0.25) is 0 Å². The van der Waals surface area contributed by atoms with Gasteiger partial charge >= 0.3 is 0 Å². The number of nitrogens with one attached hydrogen (secondary N) is 1. The van der Waals surface area contributed by atoms with Crippen LogP contribution in [0.3, 0.4) is 0 Å². The summed E-state index contributed by atoms with van der Waals surface area (Å²) in [6.07, 6.45) is 3.92. The lowest BCUT2D eigenvalue weighted by atomic mass is 9.94. The Morgan fingerprint density at radius 2 is 2.25 bits per heavy atom. The Balaban J connectivity index is 1.61. The number of fused-ring (bicyclic) bond motifs is 1. The predicted octanol–water partition coefficient (Wildman–Crippen LogP) is 2.57. The van der Waals surface area contributed by atoms with Crippen LogP contribution in [0.25, 0.3) is 0 Å². The van der Waals surface area contributed by atoms with Crippen molar-refractivity contribution in [1.82, 2.24) is 15.1 Å². The van der Waals surface area contributed by atoms with Gasteiger partial charge < -0.3 is 10.2 Å². The van der Waals surface area contributed by atoms with E-state index in [-0.39, 0.29) is 0 Å². The second-order valence-corrected chi connectivity index (χ2v) is 9.21. The van der Waals surface area contributed by atoms with Gasteiger partial charge in [-0.05, 0) is 67.6 Å². The zero-order valence-corrected chi connectivity index (χ0v) is 15.3. The van der Waals surface area contributed by atoms with E-state index in [4.69, 9.17) is 0 Å². The molecule has 2 atom stereocenters. The molecule has 2 unspecified atom stereocenters. The van der Waals surface area contributed by atoms with E-state index >= 15 is 0 Å². The summed E-state index contributed by atoms with van der Waals surface area (Å²) in [5.41, 5.74) is 1.58. The van der Waals surface area contributed by atoms with Gasteiger partial charge in [-0.25, -0.2) is 0 Å². The summed E-state index contributed by atoms with van der Waals surface area (Å²) in [5, 5.41) is 3.85. The average Bonchev–Trinajstić information content (AvgIpc) is 2.80. The van der Waals surface area contributed by atoms with Gasteiger partial charge in [-0.1, -0.05) is 0 Å². The molecule has 0 bridgehead atoms. The number of hydrogen-bond acceptors (Lipinski definition) is 4. The van der Waals surface area contributed by atoms with Crippen LogP contribution in [0, 0.1) is 2.88 Å². The first kappa shape index (κ1) is 15.2. The maximum absolute atomic E-state index is 3.85. The minimum absolute atomic E-state index is 0.583. The summed E-state index contributed by atoms with van der Waals surface area (Å²) in [6, 6.07) is 3.63. The SMILES string of the molecule is CN1CCN(C)C(CNC2CCCc3sc(I)cc32)C1. The van der Waals surface area contributed by atoms with Gasteiger partial charge in [-0.3, -0.25) is 4.90 Å². The fourth-order valence-electron chi connectivity index (χ4n) is 3.33. The molecule has 2 heterocycles. The van der Waals surface area contributed by atoms with Gasteiger partial charge in [0.15, 0.2) is 0 Å². The second-order valence-electron chi connectivity index (χ2n) is 6.18. The molecule has 0 radical (unpaired) electrons. The largest absolute Gasteiger partial charge is 0.308 e. The Kier molecular flexibility index (Phi) is 5.02. The van der Waals surface area contributed by atoms with E-state index in [1.54, 1.807) is 10.4 Å². The van der Waals surface area contributed by atoms with Crippen LogP contribution in [0.4, 0.5) is 0 Å². The minimum atomic E-state index is 0.583. The van der Waals surface area contributed by atoms with E-state index in [0.29, 0.717) is 12.1 Å². The third kappa shape index (κ3) is 3.38. The number of thiophene rings is 1. The highest BCUT2D eigenvalue weighted by Crippen LogP contribution is 2.36. The van der Waals surface area contributed by atoms with Crippen molar-refractivity contribution < 1.29 is 0 Å². The van der Waals surface area contributed by atoms with E-state index in [0.717, 1.165) is 6.54 Å². The standard InChI is InChI=1S/C15H24IN3S/c1-18-6-7-19(2)11(10-18)9-17-13-4-3-5-14-12(13)8-15(16)20-14/h8,11,13,17H,3-7,9-10H2,1-2H3. The zero-order chi connectivity index (χ0) is 14.1. The Morgan fingerprint density at radius 3 is 3.10 bits per heavy atom. The molecule has 1 N–H and O–H groups in total. The molecule has 1 aromatic heterocycles. The topological polar surface area (TPSA) is 18.5 Å². The number of piperazine rings is 1. The summed E-state index contributed by atoms with van der Waals surface area (Å²) < 4.78 is 1.44. The van der Waals surface area contributed by atoms with Crippen LogP contribution in [0.15, 0.2) is 6.07 Å². The number of rotatable bonds is 3. The Labute approximate surface area is 139 Å². The third-order valence-electron chi connectivity index (χ3n) is 4.66. The number of nitrogens with zero attached hydrogens (tertiary/aromatic N) is 2. The molecule has 2 aliphatic rings. The first-order valence-electron chi connectivity index (χ1n) is 7.54. The van der Waals surface area contributed by atoms with Crippen molar-refractivity contribution in [2.75, 3.05) is 40.3 Å². The molecule has 1 aliphatic heterocycles. The normalized spacial score (nSPS) is 28.6. The third-order valence-corrected chi connectivity index (χ3v) is 6.63. The van der Waals surface area contributed by atoms with Gasteiger partial charge in [-0.15, -0.1) is 11.3 Å². The molecule has 0 spiro atoms. The maximum Gasteiger partial charge on any atom is 0.0659 e. The van der Waals surface area contributed by atoms with Gasteiger partial charge in [-0.2, -0.15) is 0 Å². The molecule has 1 aliphatic carbocycles. The second kappa shape index (κ2) is 6.60. The van der Waals surface area contributed by atoms with Crippen molar-refractivity contribution in [2.45, 2.75) is 31.3 Å². The van der Waals surface area contributed by atoms with Gasteiger partial charge in [0.05, 0.1) is 2.88 Å². The molecule has 1 saturated heterocycles.